The van der Waals surface area contributed by atoms with Crippen LogP contribution in [0.15, 0.2) is 30.3 Å². The molecular weight excluding hydrogens is 474 g/mol. The van der Waals surface area contributed by atoms with Crippen molar-refractivity contribution in [2.45, 2.75) is 104 Å². The summed E-state index contributed by atoms with van der Waals surface area (Å²) in [5.74, 6) is 0. The molecule has 0 fully saturated rings. The maximum atomic E-state index is 4.66. The summed E-state index contributed by atoms with van der Waals surface area (Å²) in [4.78, 5) is 0. The van der Waals surface area contributed by atoms with Gasteiger partial charge in [-0.15, -0.1) is 0 Å². The van der Waals surface area contributed by atoms with Crippen LogP contribution in [0.4, 0.5) is 0 Å². The zero-order valence-corrected chi connectivity index (χ0v) is 22.6. The zero-order valence-electron chi connectivity index (χ0n) is 19.0. The summed E-state index contributed by atoms with van der Waals surface area (Å²) < 4.78 is 0.0833. The Morgan fingerprint density at radius 1 is 0.759 bits per heavy atom. The number of nitrogens with two attached hydrogens (primary N) is 1. The number of unbranched alkanes of at least 4 members (excludes halogenated alkanes) is 12. The Morgan fingerprint density at radius 3 is 1.28 bits per heavy atom. The van der Waals surface area contributed by atoms with E-state index in [0.717, 1.165) is 12.8 Å². The topological polar surface area (TPSA) is 26.0 Å². The molecule has 0 unspecified atom stereocenters. The van der Waals surface area contributed by atoms with Crippen LogP contribution in [-0.4, -0.2) is 4.32 Å². The van der Waals surface area contributed by atoms with Crippen molar-refractivity contribution < 1.29 is 21.1 Å². The van der Waals surface area contributed by atoms with Gasteiger partial charge in [-0.2, -0.15) is 49.2 Å². The van der Waals surface area contributed by atoms with Gasteiger partial charge in [-0.05, 0) is 0 Å². The van der Waals surface area contributed by atoms with Crippen molar-refractivity contribution in [1.82, 2.24) is 0 Å². The van der Waals surface area contributed by atoms with E-state index in [1.54, 1.807) is 0 Å². The molecule has 0 spiro atoms. The number of rotatable bonds is 12. The molecule has 4 heteroatoms. The van der Waals surface area contributed by atoms with Gasteiger partial charge in [-0.1, -0.05) is 95.2 Å². The fourth-order valence-corrected chi connectivity index (χ4v) is 2.26. The molecule has 0 aliphatic rings. The third-order valence-corrected chi connectivity index (χ3v) is 3.81. The van der Waals surface area contributed by atoms with Gasteiger partial charge in [0.05, 0.1) is 0 Å². The zero-order chi connectivity index (χ0) is 21.7. The second-order valence-electron chi connectivity index (χ2n) is 6.64. The van der Waals surface area contributed by atoms with Gasteiger partial charge in [-0.25, -0.2) is 0 Å². The normalized spacial score (nSPS) is 8.69. The molecule has 1 aromatic rings. The summed E-state index contributed by atoms with van der Waals surface area (Å²) in [7, 11) is 0. The van der Waals surface area contributed by atoms with Crippen molar-refractivity contribution in [1.29, 1.82) is 0 Å². The Labute approximate surface area is 209 Å². The maximum absolute atomic E-state index is 4.66. The van der Waals surface area contributed by atoms with Gasteiger partial charge < -0.3 is 44.4 Å². The van der Waals surface area contributed by atoms with Crippen molar-refractivity contribution in [3.63, 3.8) is 0 Å². The largest absolute Gasteiger partial charge is 4.00 e. The minimum absolute atomic E-state index is 0. The van der Waals surface area contributed by atoms with Crippen molar-refractivity contribution in [3.05, 3.63) is 50.2 Å². The van der Waals surface area contributed by atoms with Crippen LogP contribution in [0.25, 0.3) is 0 Å². The molecule has 0 saturated heterocycles. The van der Waals surface area contributed by atoms with E-state index < -0.39 is 0 Å². The first-order valence-corrected chi connectivity index (χ1v) is 11.8. The molecule has 0 bridgehead atoms. The van der Waals surface area contributed by atoms with Gasteiger partial charge in [0, 0.05) is 0 Å². The predicted octanol–water partition coefficient (Wildman–Crippen LogP) is 8.40. The van der Waals surface area contributed by atoms with Gasteiger partial charge in [-0.3, -0.25) is 0 Å². The van der Waals surface area contributed by atoms with Gasteiger partial charge in [0.2, 0.25) is 0 Å². The molecule has 0 aliphatic carbocycles. The van der Waals surface area contributed by atoms with Gasteiger partial charge in [0.15, 0.2) is 0 Å². The monoisotopic (exact) mass is 521 g/mol. The Bertz CT molecular complexity index is 304. The van der Waals surface area contributed by atoms with E-state index in [4.69, 9.17) is 0 Å². The van der Waals surface area contributed by atoms with E-state index in [1.165, 1.54) is 77.0 Å². The fourth-order valence-electron chi connectivity index (χ4n) is 2.26. The minimum atomic E-state index is 0. The van der Waals surface area contributed by atoms with Crippen molar-refractivity contribution >= 4 is 29.2 Å². The second-order valence-corrected chi connectivity index (χ2v) is 7.78. The van der Waals surface area contributed by atoms with Crippen LogP contribution in [-0.2, 0) is 33.7 Å². The summed E-state index contributed by atoms with van der Waals surface area (Å²) in [5, 5.41) is 0. The number of hydrogen-bond acceptors (Lipinski definition) is 2. The fraction of sp³-hybridized carbons (Fsp3) is 0.640. The van der Waals surface area contributed by atoms with E-state index in [9.17, 15) is 0 Å². The predicted molar refractivity (Wildman–Crippen MR) is 136 cm³/mol. The van der Waals surface area contributed by atoms with E-state index in [0.29, 0.717) is 0 Å². The second kappa shape index (κ2) is 38.6. The van der Waals surface area contributed by atoms with E-state index in [1.807, 2.05) is 30.3 Å². The molecule has 1 aromatic carbocycles. The Hall–Kier alpha value is 0.0183. The molecule has 0 atom stereocenters. The van der Waals surface area contributed by atoms with Crippen molar-refractivity contribution in [3.8, 4) is 0 Å². The van der Waals surface area contributed by atoms with Crippen LogP contribution in [0.5, 0.6) is 0 Å². The quantitative estimate of drug-likeness (QED) is 0.0987. The number of benzene rings is 1. The third kappa shape index (κ3) is 58.4. The molecule has 0 amide bonds. The molecule has 29 heavy (non-hydrogen) atoms. The molecule has 0 radical (unpaired) electrons. The molecule has 0 aromatic heterocycles. The van der Waals surface area contributed by atoms with Crippen LogP contribution < -0.4 is 5.73 Å². The summed E-state index contributed by atoms with van der Waals surface area (Å²) in [6.45, 7) is 12.1. The molecular formula is C25H45MoNS2. The number of hydrogen-bond donors (Lipinski definition) is 1. The third-order valence-electron chi connectivity index (χ3n) is 3.81. The Balaban J connectivity index is -0.000000148. The van der Waals surface area contributed by atoms with E-state index in [2.05, 4.69) is 64.3 Å². The molecule has 0 saturated carbocycles. The van der Waals surface area contributed by atoms with Gasteiger partial charge in [0.1, 0.15) is 0 Å². The minimum Gasteiger partial charge on any atom is -0.415 e. The summed E-state index contributed by atoms with van der Waals surface area (Å²) in [6, 6.07) is 12.5. The maximum Gasteiger partial charge on any atom is 4.00 e. The first-order valence-electron chi connectivity index (χ1n) is 11.0. The average molecular weight is 520 g/mol. The van der Waals surface area contributed by atoms with Crippen LogP contribution in [0.1, 0.15) is 104 Å². The van der Waals surface area contributed by atoms with Crippen LogP contribution in [0, 0.1) is 19.9 Å². The van der Waals surface area contributed by atoms with Crippen LogP contribution in [0.3, 0.4) is 0 Å². The molecule has 0 heterocycles. The Kier molecular flexibility index (Phi) is 48.4. The smallest absolute Gasteiger partial charge is 0.415 e. The SMILES string of the molecule is NC(=S)[S-].[CH2-]CCCCCCCC.[CH2-]CCCCCCCC.[Mo+4].[c-]1ccccc1. The molecule has 1 nitrogen and oxygen atoms in total. The van der Waals surface area contributed by atoms with Gasteiger partial charge >= 0.3 is 21.1 Å². The van der Waals surface area contributed by atoms with E-state index >= 15 is 0 Å². The molecule has 2 N–H and O–H groups in total. The molecule has 0 aliphatic heterocycles. The van der Waals surface area contributed by atoms with E-state index in [-0.39, 0.29) is 25.4 Å². The summed E-state index contributed by atoms with van der Waals surface area (Å²) in [6.07, 6.45) is 18.9. The van der Waals surface area contributed by atoms with Crippen molar-refractivity contribution in [2.24, 2.45) is 5.73 Å². The number of thiocarbonyl (C=S) groups is 1. The van der Waals surface area contributed by atoms with Crippen molar-refractivity contribution in [2.75, 3.05) is 0 Å². The standard InChI is InChI=1S/2C9H19.C6H5.CH3NS2.Mo/c2*1-3-5-7-9-8-6-4-2;1-2-4-6-5-3-1;2-1(3)4;/h2*1,3-9H2,2H3;1-5H;(H3,2,3,4);/q3*-1;;+4/p-1. The van der Waals surface area contributed by atoms with Crippen LogP contribution in [0.2, 0.25) is 0 Å². The first-order chi connectivity index (χ1) is 13.6. The first kappa shape index (κ1) is 36.4. The molecule has 1 rings (SSSR count). The average Bonchev–Trinajstić information content (AvgIpc) is 2.70. The van der Waals surface area contributed by atoms with Crippen LogP contribution >= 0.6 is 12.2 Å². The Morgan fingerprint density at radius 2 is 1.07 bits per heavy atom. The summed E-state index contributed by atoms with van der Waals surface area (Å²) in [5.41, 5.74) is 4.66. The van der Waals surface area contributed by atoms with Gasteiger partial charge in [0.25, 0.3) is 0 Å². The summed E-state index contributed by atoms with van der Waals surface area (Å²) >= 11 is 8.26. The molecule has 168 valence electrons.